The van der Waals surface area contributed by atoms with Gasteiger partial charge in [0.2, 0.25) is 15.9 Å². The van der Waals surface area contributed by atoms with Gasteiger partial charge in [-0.2, -0.15) is 0 Å². The fourth-order valence-electron chi connectivity index (χ4n) is 2.59. The highest BCUT2D eigenvalue weighted by molar-refractivity contribution is 7.92. The molecule has 2 aromatic rings. The first-order valence-electron chi connectivity index (χ1n) is 7.84. The van der Waals surface area contributed by atoms with Crippen molar-refractivity contribution < 1.29 is 17.9 Å². The standard InChI is InChI=1S/C18H21ClN2O4S/c1-12-6-5-7-15(10-12)21(26(4,23)24)13(2)18(22)20-16-11-14(19)8-9-17(16)25-3/h5-11,13H,1-4H3,(H,20,22)/t13-/m0/s1. The first-order chi connectivity index (χ1) is 12.1. The SMILES string of the molecule is COc1ccc(Cl)cc1NC(=O)[C@H](C)N(c1cccc(C)c1)S(C)(=O)=O. The third-order valence-corrected chi connectivity index (χ3v) is 5.24. The lowest BCUT2D eigenvalue weighted by Crippen LogP contribution is -2.45. The zero-order chi connectivity index (χ0) is 19.5. The number of aryl methyl sites for hydroxylation is 1. The van der Waals surface area contributed by atoms with Crippen LogP contribution in [0.25, 0.3) is 0 Å². The molecule has 0 aliphatic rings. The number of ether oxygens (including phenoxy) is 1. The van der Waals surface area contributed by atoms with E-state index < -0.39 is 22.0 Å². The fraction of sp³-hybridized carbons (Fsp3) is 0.278. The number of methoxy groups -OCH3 is 1. The van der Waals surface area contributed by atoms with Crippen LogP contribution in [0.2, 0.25) is 5.02 Å². The number of rotatable bonds is 6. The third kappa shape index (κ3) is 4.68. The topological polar surface area (TPSA) is 75.7 Å². The van der Waals surface area contributed by atoms with Crippen molar-refractivity contribution >= 4 is 38.9 Å². The quantitative estimate of drug-likeness (QED) is 0.811. The normalized spacial score (nSPS) is 12.3. The lowest BCUT2D eigenvalue weighted by atomic mass is 10.2. The average molecular weight is 397 g/mol. The minimum atomic E-state index is -3.68. The average Bonchev–Trinajstić information content (AvgIpc) is 2.54. The fourth-order valence-corrected chi connectivity index (χ4v) is 3.93. The molecule has 0 fully saturated rings. The van der Waals surface area contributed by atoms with E-state index in [-0.39, 0.29) is 0 Å². The summed E-state index contributed by atoms with van der Waals surface area (Å²) in [6.07, 6.45) is 1.07. The van der Waals surface area contributed by atoms with Crippen LogP contribution in [0.5, 0.6) is 5.75 Å². The molecule has 2 rings (SSSR count). The van der Waals surface area contributed by atoms with Gasteiger partial charge in [0.1, 0.15) is 11.8 Å². The van der Waals surface area contributed by atoms with E-state index >= 15 is 0 Å². The van der Waals surface area contributed by atoms with E-state index in [1.54, 1.807) is 36.4 Å². The van der Waals surface area contributed by atoms with Crippen LogP contribution in [0.4, 0.5) is 11.4 Å². The second-order valence-corrected chi connectivity index (χ2v) is 8.20. The van der Waals surface area contributed by atoms with Crippen molar-refractivity contribution in [3.63, 3.8) is 0 Å². The van der Waals surface area contributed by atoms with Crippen LogP contribution in [-0.4, -0.2) is 33.7 Å². The highest BCUT2D eigenvalue weighted by Gasteiger charge is 2.29. The summed E-state index contributed by atoms with van der Waals surface area (Å²) >= 11 is 5.97. The van der Waals surface area contributed by atoms with Crippen LogP contribution in [0.1, 0.15) is 12.5 Å². The van der Waals surface area contributed by atoms with Crippen molar-refractivity contribution in [2.24, 2.45) is 0 Å². The van der Waals surface area contributed by atoms with Crippen molar-refractivity contribution in [2.45, 2.75) is 19.9 Å². The second kappa shape index (κ2) is 7.97. The number of hydrogen-bond acceptors (Lipinski definition) is 4. The minimum absolute atomic E-state index is 0.370. The Labute approximate surface area is 158 Å². The van der Waals surface area contributed by atoms with Crippen LogP contribution >= 0.6 is 11.6 Å². The van der Waals surface area contributed by atoms with Crippen molar-refractivity contribution in [2.75, 3.05) is 23.0 Å². The van der Waals surface area contributed by atoms with Crippen LogP contribution < -0.4 is 14.4 Å². The molecule has 2 aromatic carbocycles. The zero-order valence-corrected chi connectivity index (χ0v) is 16.6. The Balaban J connectivity index is 2.36. The summed E-state index contributed by atoms with van der Waals surface area (Å²) in [5, 5.41) is 3.11. The largest absolute Gasteiger partial charge is 0.495 e. The number of carbonyl (C=O) groups excluding carboxylic acids is 1. The Kier molecular flexibility index (Phi) is 6.15. The van der Waals surface area contributed by atoms with Crippen LogP contribution in [0, 0.1) is 6.92 Å². The van der Waals surface area contributed by atoms with Crippen molar-refractivity contribution in [1.82, 2.24) is 0 Å². The van der Waals surface area contributed by atoms with Gasteiger partial charge in [-0.15, -0.1) is 0 Å². The number of anilines is 2. The summed E-state index contributed by atoms with van der Waals surface area (Å²) < 4.78 is 30.9. The van der Waals surface area contributed by atoms with Gasteiger partial charge in [0.15, 0.2) is 0 Å². The third-order valence-electron chi connectivity index (χ3n) is 3.76. The monoisotopic (exact) mass is 396 g/mol. The summed E-state index contributed by atoms with van der Waals surface area (Å²) in [5.41, 5.74) is 1.68. The maximum absolute atomic E-state index is 12.7. The molecule has 1 N–H and O–H groups in total. The van der Waals surface area contributed by atoms with E-state index in [0.29, 0.717) is 22.1 Å². The van der Waals surface area contributed by atoms with Crippen LogP contribution in [0.3, 0.4) is 0 Å². The number of nitrogens with one attached hydrogen (secondary N) is 1. The molecule has 6 nitrogen and oxygen atoms in total. The second-order valence-electron chi connectivity index (χ2n) is 5.91. The van der Waals surface area contributed by atoms with Crippen molar-refractivity contribution in [3.05, 3.63) is 53.1 Å². The van der Waals surface area contributed by atoms with E-state index in [1.165, 1.54) is 14.0 Å². The molecule has 8 heteroatoms. The number of nitrogens with zero attached hydrogens (tertiary/aromatic N) is 1. The lowest BCUT2D eigenvalue weighted by molar-refractivity contribution is -0.116. The van der Waals surface area contributed by atoms with Gasteiger partial charge in [-0.05, 0) is 49.7 Å². The maximum Gasteiger partial charge on any atom is 0.248 e. The molecule has 0 aromatic heterocycles. The molecule has 0 heterocycles. The molecule has 0 aliphatic heterocycles. The molecule has 0 saturated heterocycles. The summed E-state index contributed by atoms with van der Waals surface area (Å²) in [6, 6.07) is 10.8. The molecular formula is C18H21ClN2O4S. The molecule has 0 saturated carbocycles. The molecule has 0 unspecified atom stereocenters. The van der Waals surface area contributed by atoms with Gasteiger partial charge in [0, 0.05) is 5.02 Å². The molecule has 26 heavy (non-hydrogen) atoms. The first kappa shape index (κ1) is 20.1. The van der Waals surface area contributed by atoms with Gasteiger partial charge >= 0.3 is 0 Å². The smallest absolute Gasteiger partial charge is 0.248 e. The number of carbonyl (C=O) groups is 1. The number of sulfonamides is 1. The van der Waals surface area contributed by atoms with E-state index in [9.17, 15) is 13.2 Å². The predicted molar refractivity (Wildman–Crippen MR) is 105 cm³/mol. The van der Waals surface area contributed by atoms with E-state index in [1.807, 2.05) is 13.0 Å². The number of benzene rings is 2. The van der Waals surface area contributed by atoms with Gasteiger partial charge in [-0.3, -0.25) is 9.10 Å². The molecule has 0 aliphatic carbocycles. The molecule has 140 valence electrons. The summed E-state index contributed by atoms with van der Waals surface area (Å²) in [6.45, 7) is 3.38. The molecule has 0 bridgehead atoms. The van der Waals surface area contributed by atoms with Gasteiger partial charge in [-0.25, -0.2) is 8.42 Å². The number of hydrogen-bond donors (Lipinski definition) is 1. The molecule has 0 radical (unpaired) electrons. The van der Waals surface area contributed by atoms with Gasteiger partial charge < -0.3 is 10.1 Å². The predicted octanol–water partition coefficient (Wildman–Crippen LogP) is 3.45. The molecular weight excluding hydrogens is 376 g/mol. The van der Waals surface area contributed by atoms with Crippen LogP contribution in [-0.2, 0) is 14.8 Å². The maximum atomic E-state index is 12.7. The Bertz CT molecular complexity index is 915. The summed E-state index contributed by atoms with van der Waals surface area (Å²) in [5.74, 6) is -0.0751. The Hall–Kier alpha value is -2.25. The molecule has 1 atom stereocenters. The van der Waals surface area contributed by atoms with Gasteiger partial charge in [0.25, 0.3) is 0 Å². The van der Waals surface area contributed by atoms with Gasteiger partial charge in [-0.1, -0.05) is 23.7 Å². The zero-order valence-electron chi connectivity index (χ0n) is 15.0. The summed E-state index contributed by atoms with van der Waals surface area (Å²) in [4.78, 5) is 12.7. The Morgan fingerprint density at radius 3 is 2.50 bits per heavy atom. The first-order valence-corrected chi connectivity index (χ1v) is 10.1. The number of amides is 1. The Morgan fingerprint density at radius 2 is 1.92 bits per heavy atom. The van der Waals surface area contributed by atoms with Gasteiger partial charge in [0.05, 0.1) is 24.7 Å². The van der Waals surface area contributed by atoms with E-state index in [2.05, 4.69) is 5.32 Å². The summed E-state index contributed by atoms with van der Waals surface area (Å²) in [7, 11) is -2.21. The van der Waals surface area contributed by atoms with E-state index in [4.69, 9.17) is 16.3 Å². The van der Waals surface area contributed by atoms with Crippen molar-refractivity contribution in [1.29, 1.82) is 0 Å². The van der Waals surface area contributed by atoms with Crippen LogP contribution in [0.15, 0.2) is 42.5 Å². The molecule has 0 spiro atoms. The van der Waals surface area contributed by atoms with E-state index in [0.717, 1.165) is 16.1 Å². The van der Waals surface area contributed by atoms with Crippen molar-refractivity contribution in [3.8, 4) is 5.75 Å². The Morgan fingerprint density at radius 1 is 1.23 bits per heavy atom. The minimum Gasteiger partial charge on any atom is -0.495 e. The highest BCUT2D eigenvalue weighted by Crippen LogP contribution is 2.29. The number of halogens is 1. The lowest BCUT2D eigenvalue weighted by Gasteiger charge is -2.28. The molecule has 1 amide bonds. The highest BCUT2D eigenvalue weighted by atomic mass is 35.5.